The molecule has 0 aromatic heterocycles. The van der Waals surface area contributed by atoms with Gasteiger partial charge < -0.3 is 9.47 Å². The highest BCUT2D eigenvalue weighted by molar-refractivity contribution is 9.11. The fourth-order valence-electron chi connectivity index (χ4n) is 2.11. The first-order chi connectivity index (χ1) is 10.2. The predicted octanol–water partition coefficient (Wildman–Crippen LogP) is 5.73. The van der Waals surface area contributed by atoms with Crippen molar-refractivity contribution in [2.75, 3.05) is 13.2 Å². The highest BCUT2D eigenvalue weighted by Crippen LogP contribution is 2.40. The molecule has 2 aromatic carbocycles. The molecule has 0 radical (unpaired) electrons. The molecule has 0 saturated carbocycles. The Hall–Kier alpha value is -1.00. The lowest BCUT2D eigenvalue weighted by Gasteiger charge is -2.17. The van der Waals surface area contributed by atoms with Crippen LogP contribution in [0.25, 0.3) is 0 Å². The van der Waals surface area contributed by atoms with Gasteiger partial charge in [-0.1, -0.05) is 56.1 Å². The molecule has 0 bridgehead atoms. The molecule has 0 aliphatic rings. The molecule has 21 heavy (non-hydrogen) atoms. The Bertz CT molecular complexity index is 599. The van der Waals surface area contributed by atoms with E-state index in [1.165, 1.54) is 0 Å². The molecule has 1 unspecified atom stereocenters. The van der Waals surface area contributed by atoms with Gasteiger partial charge in [-0.05, 0) is 37.6 Å². The summed E-state index contributed by atoms with van der Waals surface area (Å²) in [6.07, 6.45) is 0. The summed E-state index contributed by atoms with van der Waals surface area (Å²) in [5.74, 6) is 1.77. The first-order valence-electron chi connectivity index (χ1n) is 6.95. The first-order valence-corrected chi connectivity index (χ1v) is 8.66. The molecule has 0 spiro atoms. The summed E-state index contributed by atoms with van der Waals surface area (Å²) < 4.78 is 12.2. The summed E-state index contributed by atoms with van der Waals surface area (Å²) in [5.41, 5.74) is 2.26. The van der Waals surface area contributed by atoms with Gasteiger partial charge in [0.2, 0.25) is 0 Å². The van der Waals surface area contributed by atoms with Crippen LogP contribution in [-0.4, -0.2) is 13.2 Å². The van der Waals surface area contributed by atoms with Crippen molar-refractivity contribution in [2.24, 2.45) is 0 Å². The first kappa shape index (κ1) is 16.4. The van der Waals surface area contributed by atoms with Gasteiger partial charge in [-0.25, -0.2) is 0 Å². The molecule has 0 heterocycles. The van der Waals surface area contributed by atoms with Crippen LogP contribution in [0.4, 0.5) is 0 Å². The SMILES string of the molecule is CCOc1ccc(C(Br)c2ccccc2OCC)c(Br)c1. The lowest BCUT2D eigenvalue weighted by molar-refractivity contribution is 0.337. The van der Waals surface area contributed by atoms with Gasteiger partial charge in [-0.15, -0.1) is 0 Å². The fourth-order valence-corrected chi connectivity index (χ4v) is 3.79. The zero-order chi connectivity index (χ0) is 15.2. The minimum absolute atomic E-state index is 0.0605. The quantitative estimate of drug-likeness (QED) is 0.563. The van der Waals surface area contributed by atoms with Crippen molar-refractivity contribution < 1.29 is 9.47 Å². The zero-order valence-corrected chi connectivity index (χ0v) is 15.3. The normalized spacial score (nSPS) is 12.0. The molecule has 2 rings (SSSR count). The second-order valence-corrected chi connectivity index (χ2v) is 6.22. The van der Waals surface area contributed by atoms with Gasteiger partial charge in [0.15, 0.2) is 0 Å². The average molecular weight is 414 g/mol. The lowest BCUT2D eigenvalue weighted by Crippen LogP contribution is -2.01. The van der Waals surface area contributed by atoms with Crippen molar-refractivity contribution in [3.63, 3.8) is 0 Å². The van der Waals surface area contributed by atoms with Gasteiger partial charge in [-0.2, -0.15) is 0 Å². The number of hydrogen-bond donors (Lipinski definition) is 0. The van der Waals surface area contributed by atoms with Crippen molar-refractivity contribution in [3.8, 4) is 11.5 Å². The average Bonchev–Trinajstić information content (AvgIpc) is 2.48. The van der Waals surface area contributed by atoms with Crippen LogP contribution in [0.15, 0.2) is 46.9 Å². The number of halogens is 2. The summed E-state index contributed by atoms with van der Waals surface area (Å²) in [7, 11) is 0. The molecule has 0 saturated heterocycles. The van der Waals surface area contributed by atoms with Crippen LogP contribution in [0.2, 0.25) is 0 Å². The Morgan fingerprint density at radius 1 is 0.952 bits per heavy atom. The number of para-hydroxylation sites is 1. The van der Waals surface area contributed by atoms with E-state index in [1.54, 1.807) is 0 Å². The van der Waals surface area contributed by atoms with E-state index >= 15 is 0 Å². The van der Waals surface area contributed by atoms with E-state index in [0.717, 1.165) is 27.1 Å². The van der Waals surface area contributed by atoms with Crippen molar-refractivity contribution >= 4 is 31.9 Å². The maximum Gasteiger partial charge on any atom is 0.123 e. The van der Waals surface area contributed by atoms with E-state index in [9.17, 15) is 0 Å². The molecule has 0 aliphatic heterocycles. The van der Waals surface area contributed by atoms with Crippen molar-refractivity contribution in [2.45, 2.75) is 18.7 Å². The van der Waals surface area contributed by atoms with Crippen molar-refractivity contribution in [3.05, 3.63) is 58.1 Å². The Kier molecular flexibility index (Phi) is 6.12. The summed E-state index contributed by atoms with van der Waals surface area (Å²) in [6, 6.07) is 14.1. The van der Waals surface area contributed by atoms with Crippen molar-refractivity contribution in [1.82, 2.24) is 0 Å². The third-order valence-corrected chi connectivity index (χ3v) is 4.72. The minimum Gasteiger partial charge on any atom is -0.494 e. The van der Waals surface area contributed by atoms with Crippen LogP contribution in [0.1, 0.15) is 29.8 Å². The van der Waals surface area contributed by atoms with Gasteiger partial charge in [0, 0.05) is 10.0 Å². The smallest absolute Gasteiger partial charge is 0.123 e. The summed E-state index contributed by atoms with van der Waals surface area (Å²) in [5, 5.41) is 0. The van der Waals surface area contributed by atoms with E-state index in [1.807, 2.05) is 44.2 Å². The standard InChI is InChI=1S/C17H18Br2O2/c1-3-20-12-9-10-13(15(18)11-12)17(19)14-7-5-6-8-16(14)21-4-2/h5-11,17H,3-4H2,1-2H3. The van der Waals surface area contributed by atoms with Gasteiger partial charge in [0.05, 0.1) is 18.0 Å². The molecule has 0 amide bonds. The molecule has 4 heteroatoms. The molecule has 112 valence electrons. The second-order valence-electron chi connectivity index (χ2n) is 4.45. The lowest BCUT2D eigenvalue weighted by atomic mass is 10.0. The fraction of sp³-hybridized carbons (Fsp3) is 0.294. The number of ether oxygens (including phenoxy) is 2. The van der Waals surface area contributed by atoms with E-state index in [-0.39, 0.29) is 4.83 Å². The number of rotatable bonds is 6. The van der Waals surface area contributed by atoms with Crippen LogP contribution in [0, 0.1) is 0 Å². The second kappa shape index (κ2) is 7.85. The minimum atomic E-state index is 0.0605. The maximum absolute atomic E-state index is 5.71. The Labute approximate surface area is 142 Å². The number of hydrogen-bond acceptors (Lipinski definition) is 2. The van der Waals surface area contributed by atoms with Crippen molar-refractivity contribution in [1.29, 1.82) is 0 Å². The van der Waals surface area contributed by atoms with Crippen LogP contribution in [0.3, 0.4) is 0 Å². The molecule has 0 N–H and O–H groups in total. The number of benzene rings is 2. The van der Waals surface area contributed by atoms with E-state index < -0.39 is 0 Å². The topological polar surface area (TPSA) is 18.5 Å². The third-order valence-electron chi connectivity index (χ3n) is 3.05. The monoisotopic (exact) mass is 412 g/mol. The molecule has 1 atom stereocenters. The summed E-state index contributed by atoms with van der Waals surface area (Å²) >= 11 is 7.41. The van der Waals surface area contributed by atoms with Crippen LogP contribution < -0.4 is 9.47 Å². The van der Waals surface area contributed by atoms with Gasteiger partial charge in [-0.3, -0.25) is 0 Å². The van der Waals surface area contributed by atoms with Crippen LogP contribution in [-0.2, 0) is 0 Å². The molecule has 2 nitrogen and oxygen atoms in total. The Morgan fingerprint density at radius 2 is 1.67 bits per heavy atom. The maximum atomic E-state index is 5.71. The van der Waals surface area contributed by atoms with E-state index in [2.05, 4.69) is 44.0 Å². The molecule has 0 fully saturated rings. The van der Waals surface area contributed by atoms with Crippen LogP contribution in [0.5, 0.6) is 11.5 Å². The third kappa shape index (κ3) is 4.01. The van der Waals surface area contributed by atoms with E-state index in [0.29, 0.717) is 13.2 Å². The van der Waals surface area contributed by atoms with Crippen LogP contribution >= 0.6 is 31.9 Å². The zero-order valence-electron chi connectivity index (χ0n) is 12.1. The Balaban J connectivity index is 2.33. The molecule has 0 aliphatic carbocycles. The summed E-state index contributed by atoms with van der Waals surface area (Å²) in [6.45, 7) is 5.29. The number of alkyl halides is 1. The van der Waals surface area contributed by atoms with Gasteiger partial charge in [0.1, 0.15) is 11.5 Å². The molecular formula is C17H18Br2O2. The van der Waals surface area contributed by atoms with E-state index in [4.69, 9.17) is 9.47 Å². The summed E-state index contributed by atoms with van der Waals surface area (Å²) in [4.78, 5) is 0.0605. The predicted molar refractivity (Wildman–Crippen MR) is 93.7 cm³/mol. The van der Waals surface area contributed by atoms with Gasteiger partial charge >= 0.3 is 0 Å². The largest absolute Gasteiger partial charge is 0.494 e. The molecular weight excluding hydrogens is 396 g/mol. The van der Waals surface area contributed by atoms with Gasteiger partial charge in [0.25, 0.3) is 0 Å². The highest BCUT2D eigenvalue weighted by Gasteiger charge is 2.17. The molecule has 2 aromatic rings. The Morgan fingerprint density at radius 3 is 2.33 bits per heavy atom. The highest BCUT2D eigenvalue weighted by atomic mass is 79.9.